The molecule has 0 aliphatic carbocycles. The van der Waals surface area contributed by atoms with E-state index in [0.717, 1.165) is 48.0 Å². The Morgan fingerprint density at radius 3 is 2.74 bits per heavy atom. The lowest BCUT2D eigenvalue weighted by Crippen LogP contribution is -2.23. The summed E-state index contributed by atoms with van der Waals surface area (Å²) >= 11 is 0. The molecule has 1 saturated heterocycles. The molecular formula is C18H24N2O3. The molecule has 5 nitrogen and oxygen atoms in total. The monoisotopic (exact) mass is 316 g/mol. The lowest BCUT2D eigenvalue weighted by atomic mass is 10.0. The highest BCUT2D eigenvalue weighted by atomic mass is 16.5. The number of methoxy groups -OCH3 is 2. The highest BCUT2D eigenvalue weighted by Gasteiger charge is 2.31. The molecule has 0 amide bonds. The molecule has 0 bridgehead atoms. The highest BCUT2D eigenvalue weighted by molar-refractivity contribution is 5.40. The van der Waals surface area contributed by atoms with Gasteiger partial charge in [0.25, 0.3) is 0 Å². The molecule has 1 aromatic carbocycles. The van der Waals surface area contributed by atoms with Gasteiger partial charge in [-0.3, -0.25) is 4.90 Å². The fourth-order valence-corrected chi connectivity index (χ4v) is 3.53. The van der Waals surface area contributed by atoms with Crippen LogP contribution in [0.2, 0.25) is 0 Å². The Balaban J connectivity index is 1.87. The molecule has 23 heavy (non-hydrogen) atoms. The van der Waals surface area contributed by atoms with E-state index in [1.54, 1.807) is 14.2 Å². The first-order valence-electron chi connectivity index (χ1n) is 8.01. The van der Waals surface area contributed by atoms with Crippen LogP contribution in [-0.4, -0.2) is 30.8 Å². The summed E-state index contributed by atoms with van der Waals surface area (Å²) in [4.78, 5) is 2.48. The van der Waals surface area contributed by atoms with E-state index in [9.17, 15) is 0 Å². The number of hydrogen-bond acceptors (Lipinski definition) is 5. The molecule has 1 fully saturated rings. The Morgan fingerprint density at radius 2 is 2.09 bits per heavy atom. The number of ether oxygens (including phenoxy) is 2. The van der Waals surface area contributed by atoms with E-state index < -0.39 is 0 Å². The number of likely N-dealkylation sites (tertiary alicyclic amines) is 1. The van der Waals surface area contributed by atoms with E-state index in [4.69, 9.17) is 14.0 Å². The van der Waals surface area contributed by atoms with Crippen molar-refractivity contribution in [1.29, 1.82) is 0 Å². The van der Waals surface area contributed by atoms with E-state index >= 15 is 0 Å². The maximum Gasteiger partial charge on any atom is 0.138 e. The topological polar surface area (TPSA) is 47.7 Å². The van der Waals surface area contributed by atoms with Gasteiger partial charge in [-0.25, -0.2) is 0 Å². The van der Waals surface area contributed by atoms with Gasteiger partial charge in [0.1, 0.15) is 17.3 Å². The first-order chi connectivity index (χ1) is 11.1. The molecule has 0 spiro atoms. The normalized spacial score (nSPS) is 18.3. The fourth-order valence-electron chi connectivity index (χ4n) is 3.53. The van der Waals surface area contributed by atoms with Crippen LogP contribution in [0.15, 0.2) is 22.7 Å². The number of nitrogens with zero attached hydrogens (tertiary/aromatic N) is 2. The SMILES string of the molecule is COc1ccc(OC)c(CN2CCC[C@H]2c2c(C)noc2C)c1. The third kappa shape index (κ3) is 3.06. The number of hydrogen-bond donors (Lipinski definition) is 0. The van der Waals surface area contributed by atoms with Gasteiger partial charge in [-0.1, -0.05) is 5.16 Å². The van der Waals surface area contributed by atoms with Gasteiger partial charge in [0.05, 0.1) is 19.9 Å². The van der Waals surface area contributed by atoms with Gasteiger partial charge in [0.2, 0.25) is 0 Å². The molecule has 2 aromatic rings. The molecule has 3 rings (SSSR count). The first-order valence-corrected chi connectivity index (χ1v) is 8.01. The van der Waals surface area contributed by atoms with Crippen molar-refractivity contribution in [3.8, 4) is 11.5 Å². The largest absolute Gasteiger partial charge is 0.497 e. The van der Waals surface area contributed by atoms with Crippen LogP contribution >= 0.6 is 0 Å². The van der Waals surface area contributed by atoms with E-state index in [1.807, 2.05) is 26.0 Å². The van der Waals surface area contributed by atoms with Crippen LogP contribution in [0.1, 0.15) is 41.5 Å². The maximum atomic E-state index is 5.52. The van der Waals surface area contributed by atoms with Crippen LogP contribution in [0.5, 0.6) is 11.5 Å². The minimum atomic E-state index is 0.358. The van der Waals surface area contributed by atoms with Crippen molar-refractivity contribution < 1.29 is 14.0 Å². The van der Waals surface area contributed by atoms with Gasteiger partial charge in [-0.15, -0.1) is 0 Å². The van der Waals surface area contributed by atoms with Gasteiger partial charge in [-0.05, 0) is 51.4 Å². The van der Waals surface area contributed by atoms with Gasteiger partial charge in [-0.2, -0.15) is 0 Å². The van der Waals surface area contributed by atoms with E-state index in [2.05, 4.69) is 16.1 Å². The molecule has 0 saturated carbocycles. The summed E-state index contributed by atoms with van der Waals surface area (Å²) in [5.74, 6) is 2.68. The third-order valence-electron chi connectivity index (χ3n) is 4.65. The lowest BCUT2D eigenvalue weighted by Gasteiger charge is -2.25. The molecule has 1 aromatic heterocycles. The Morgan fingerprint density at radius 1 is 1.26 bits per heavy atom. The van der Waals surface area contributed by atoms with E-state index in [1.165, 1.54) is 12.0 Å². The maximum absolute atomic E-state index is 5.52. The fraction of sp³-hybridized carbons (Fsp3) is 0.500. The molecule has 124 valence electrons. The van der Waals surface area contributed by atoms with Crippen molar-refractivity contribution in [2.75, 3.05) is 20.8 Å². The van der Waals surface area contributed by atoms with Crippen LogP contribution in [0, 0.1) is 13.8 Å². The summed E-state index contributed by atoms with van der Waals surface area (Å²) in [6.45, 7) is 5.91. The highest BCUT2D eigenvalue weighted by Crippen LogP contribution is 2.37. The summed E-state index contributed by atoms with van der Waals surface area (Å²) in [6, 6.07) is 6.31. The Kier molecular flexibility index (Phi) is 4.57. The number of rotatable bonds is 5. The summed E-state index contributed by atoms with van der Waals surface area (Å²) in [5.41, 5.74) is 3.38. The zero-order chi connectivity index (χ0) is 16.4. The van der Waals surface area contributed by atoms with Crippen molar-refractivity contribution in [2.24, 2.45) is 0 Å². The number of aromatic nitrogens is 1. The molecule has 5 heteroatoms. The summed E-state index contributed by atoms with van der Waals surface area (Å²) in [7, 11) is 3.40. The Labute approximate surface area is 137 Å². The lowest BCUT2D eigenvalue weighted by molar-refractivity contribution is 0.241. The van der Waals surface area contributed by atoms with E-state index in [0.29, 0.717) is 6.04 Å². The second kappa shape index (κ2) is 6.62. The third-order valence-corrected chi connectivity index (χ3v) is 4.65. The van der Waals surface area contributed by atoms with Crippen LogP contribution in [0.25, 0.3) is 0 Å². The number of benzene rings is 1. The van der Waals surface area contributed by atoms with Gasteiger partial charge >= 0.3 is 0 Å². The predicted octanol–water partition coefficient (Wildman–Crippen LogP) is 3.65. The first kappa shape index (κ1) is 15.9. The molecule has 1 atom stereocenters. The second-order valence-electron chi connectivity index (χ2n) is 6.04. The average Bonchev–Trinajstić information content (AvgIpc) is 3.13. The predicted molar refractivity (Wildman–Crippen MR) is 87.9 cm³/mol. The van der Waals surface area contributed by atoms with Crippen LogP contribution in [-0.2, 0) is 6.54 Å². The van der Waals surface area contributed by atoms with Crippen molar-refractivity contribution in [3.05, 3.63) is 40.8 Å². The zero-order valence-corrected chi connectivity index (χ0v) is 14.3. The zero-order valence-electron chi connectivity index (χ0n) is 14.3. The molecule has 0 N–H and O–H groups in total. The minimum absolute atomic E-state index is 0.358. The Hall–Kier alpha value is -2.01. The average molecular weight is 316 g/mol. The van der Waals surface area contributed by atoms with Crippen LogP contribution < -0.4 is 9.47 Å². The summed E-state index contributed by atoms with van der Waals surface area (Å²) in [6.07, 6.45) is 2.32. The van der Waals surface area contributed by atoms with Crippen molar-refractivity contribution in [1.82, 2.24) is 10.1 Å². The second-order valence-corrected chi connectivity index (χ2v) is 6.04. The van der Waals surface area contributed by atoms with Crippen molar-refractivity contribution in [3.63, 3.8) is 0 Å². The molecular weight excluding hydrogens is 292 g/mol. The van der Waals surface area contributed by atoms with Crippen LogP contribution in [0.3, 0.4) is 0 Å². The van der Waals surface area contributed by atoms with E-state index in [-0.39, 0.29) is 0 Å². The van der Waals surface area contributed by atoms with Gasteiger partial charge in [0, 0.05) is 23.7 Å². The molecule has 1 aliphatic heterocycles. The van der Waals surface area contributed by atoms with Gasteiger partial charge in [0.15, 0.2) is 0 Å². The quantitative estimate of drug-likeness (QED) is 0.842. The van der Waals surface area contributed by atoms with Crippen molar-refractivity contribution >= 4 is 0 Å². The number of aryl methyl sites for hydroxylation is 2. The van der Waals surface area contributed by atoms with Crippen LogP contribution in [0.4, 0.5) is 0 Å². The summed E-state index contributed by atoms with van der Waals surface area (Å²) in [5, 5.41) is 4.12. The molecule has 1 aliphatic rings. The van der Waals surface area contributed by atoms with Gasteiger partial charge < -0.3 is 14.0 Å². The van der Waals surface area contributed by atoms with Crippen molar-refractivity contribution in [2.45, 2.75) is 39.3 Å². The smallest absolute Gasteiger partial charge is 0.138 e. The molecule has 0 unspecified atom stereocenters. The Bertz CT molecular complexity index is 661. The summed E-state index contributed by atoms with van der Waals surface area (Å²) < 4.78 is 16.2. The standard InChI is InChI=1S/C18H24N2O3/c1-12-18(13(2)23-19-12)16-6-5-9-20(16)11-14-10-15(21-3)7-8-17(14)22-4/h7-8,10,16H,5-6,9,11H2,1-4H3/t16-/m0/s1. The molecule has 2 heterocycles. The molecule has 0 radical (unpaired) electrons. The minimum Gasteiger partial charge on any atom is -0.497 e.